The smallest absolute Gasteiger partial charge is 0.0622 e. The average molecular weight is 197 g/mol. The van der Waals surface area contributed by atoms with Gasteiger partial charge in [-0.15, -0.1) is 0 Å². The average Bonchev–Trinajstić information content (AvgIpc) is 2.21. The number of aliphatic hydroxyl groups is 1. The number of hydrogen-bond acceptors (Lipinski definition) is 4. The number of aliphatic hydroxyl groups excluding tert-OH is 1. The molecule has 14 heavy (non-hydrogen) atoms. The highest BCUT2D eigenvalue weighted by Crippen LogP contribution is 2.02. The minimum Gasteiger partial charge on any atom is -0.395 e. The molecule has 0 radical (unpaired) electrons. The van der Waals surface area contributed by atoms with Gasteiger partial charge in [-0.05, 0) is 13.0 Å². The van der Waals surface area contributed by atoms with Crippen molar-refractivity contribution < 1.29 is 5.11 Å². The van der Waals surface area contributed by atoms with Crippen molar-refractivity contribution in [2.24, 2.45) is 0 Å². The van der Waals surface area contributed by atoms with Crippen molar-refractivity contribution in [1.82, 2.24) is 9.80 Å². The number of unbranched alkanes of at least 4 members (excludes halogenated alkanes) is 1. The van der Waals surface area contributed by atoms with Crippen molar-refractivity contribution >= 4 is 0 Å². The Morgan fingerprint density at radius 3 is 2.14 bits per heavy atom. The molecule has 1 N–H and O–H groups in total. The Hall–Kier alpha value is -0.630. The molecular weight excluding hydrogens is 178 g/mol. The van der Waals surface area contributed by atoms with Crippen LogP contribution in [0.4, 0.5) is 0 Å². The van der Waals surface area contributed by atoms with Crippen LogP contribution in [0, 0.1) is 11.3 Å². The van der Waals surface area contributed by atoms with Crippen molar-refractivity contribution in [3.05, 3.63) is 0 Å². The minimum absolute atomic E-state index is 0.258. The van der Waals surface area contributed by atoms with Crippen molar-refractivity contribution in [2.75, 3.05) is 45.9 Å². The number of rotatable bonds is 5. The molecule has 1 fully saturated rings. The highest BCUT2D eigenvalue weighted by Gasteiger charge is 2.15. The summed E-state index contributed by atoms with van der Waals surface area (Å²) in [7, 11) is 0. The van der Waals surface area contributed by atoms with E-state index >= 15 is 0 Å². The van der Waals surface area contributed by atoms with E-state index in [0.29, 0.717) is 6.42 Å². The Balaban J connectivity index is 2.07. The Bertz CT molecular complexity index is 182. The predicted octanol–water partition coefficient (Wildman–Crippen LogP) is -0.0999. The highest BCUT2D eigenvalue weighted by molar-refractivity contribution is 4.74. The first-order valence-electron chi connectivity index (χ1n) is 5.29. The van der Waals surface area contributed by atoms with Crippen LogP contribution in [0.3, 0.4) is 0 Å². The minimum atomic E-state index is 0.258. The molecule has 1 aliphatic rings. The molecule has 0 aromatic rings. The number of nitriles is 1. The maximum atomic E-state index is 8.77. The van der Waals surface area contributed by atoms with Gasteiger partial charge in [0.1, 0.15) is 0 Å². The van der Waals surface area contributed by atoms with E-state index in [0.717, 1.165) is 45.7 Å². The lowest BCUT2D eigenvalue weighted by atomic mass is 10.2. The van der Waals surface area contributed by atoms with Gasteiger partial charge in [0, 0.05) is 39.1 Å². The molecular formula is C10H19N3O. The van der Waals surface area contributed by atoms with Gasteiger partial charge in [-0.3, -0.25) is 4.90 Å². The largest absolute Gasteiger partial charge is 0.395 e. The molecule has 4 nitrogen and oxygen atoms in total. The Morgan fingerprint density at radius 1 is 1.07 bits per heavy atom. The predicted molar refractivity (Wildman–Crippen MR) is 54.8 cm³/mol. The molecule has 0 spiro atoms. The van der Waals surface area contributed by atoms with Crippen LogP contribution in [-0.2, 0) is 0 Å². The van der Waals surface area contributed by atoms with E-state index in [1.807, 2.05) is 0 Å². The SMILES string of the molecule is N#CCCCN1CCN(CCO)CC1. The topological polar surface area (TPSA) is 50.5 Å². The normalized spacial score (nSPS) is 19.4. The fourth-order valence-electron chi connectivity index (χ4n) is 1.76. The zero-order valence-electron chi connectivity index (χ0n) is 8.65. The first-order valence-corrected chi connectivity index (χ1v) is 5.29. The van der Waals surface area contributed by atoms with Crippen LogP contribution >= 0.6 is 0 Å². The van der Waals surface area contributed by atoms with Gasteiger partial charge in [-0.2, -0.15) is 5.26 Å². The second-order valence-electron chi connectivity index (χ2n) is 3.67. The van der Waals surface area contributed by atoms with E-state index in [9.17, 15) is 0 Å². The summed E-state index contributed by atoms with van der Waals surface area (Å²) in [6, 6.07) is 2.17. The van der Waals surface area contributed by atoms with Crippen LogP contribution in [0.15, 0.2) is 0 Å². The quantitative estimate of drug-likeness (QED) is 0.625. The van der Waals surface area contributed by atoms with Gasteiger partial charge in [0.15, 0.2) is 0 Å². The van der Waals surface area contributed by atoms with Gasteiger partial charge >= 0.3 is 0 Å². The van der Waals surface area contributed by atoms with Crippen LogP contribution < -0.4 is 0 Å². The van der Waals surface area contributed by atoms with Crippen molar-refractivity contribution in [3.63, 3.8) is 0 Å². The van der Waals surface area contributed by atoms with Crippen LogP contribution in [0.5, 0.6) is 0 Å². The monoisotopic (exact) mass is 197 g/mol. The second-order valence-corrected chi connectivity index (χ2v) is 3.67. The molecule has 0 unspecified atom stereocenters. The number of β-amino-alcohol motifs (C(OH)–C–C–N with tert-alkyl or cyclic N) is 1. The number of nitrogens with zero attached hydrogens (tertiary/aromatic N) is 3. The molecule has 0 bridgehead atoms. The summed E-state index contributed by atoms with van der Waals surface area (Å²) in [5.41, 5.74) is 0. The van der Waals surface area contributed by atoms with Crippen molar-refractivity contribution in [3.8, 4) is 6.07 Å². The maximum Gasteiger partial charge on any atom is 0.0622 e. The molecule has 0 aromatic heterocycles. The summed E-state index contributed by atoms with van der Waals surface area (Å²) >= 11 is 0. The molecule has 1 rings (SSSR count). The van der Waals surface area contributed by atoms with Gasteiger partial charge < -0.3 is 10.0 Å². The second kappa shape index (κ2) is 6.77. The molecule has 0 saturated carbocycles. The summed E-state index contributed by atoms with van der Waals surface area (Å²) in [5.74, 6) is 0. The molecule has 0 aromatic carbocycles. The third-order valence-corrected chi connectivity index (χ3v) is 2.64. The van der Waals surface area contributed by atoms with Gasteiger partial charge in [0.2, 0.25) is 0 Å². The third kappa shape index (κ3) is 4.05. The molecule has 1 saturated heterocycles. The molecule has 1 aliphatic heterocycles. The summed E-state index contributed by atoms with van der Waals surface area (Å²) in [6.07, 6.45) is 1.65. The molecule has 0 aliphatic carbocycles. The van der Waals surface area contributed by atoms with Crippen LogP contribution in [0.2, 0.25) is 0 Å². The maximum absolute atomic E-state index is 8.77. The van der Waals surface area contributed by atoms with E-state index in [-0.39, 0.29) is 6.61 Å². The fourth-order valence-corrected chi connectivity index (χ4v) is 1.76. The van der Waals surface area contributed by atoms with Crippen molar-refractivity contribution in [2.45, 2.75) is 12.8 Å². The summed E-state index contributed by atoms with van der Waals surface area (Å²) < 4.78 is 0. The van der Waals surface area contributed by atoms with Crippen LogP contribution in [-0.4, -0.2) is 60.8 Å². The fraction of sp³-hybridized carbons (Fsp3) is 0.900. The lowest BCUT2D eigenvalue weighted by Crippen LogP contribution is -2.47. The Kier molecular flexibility index (Phi) is 5.53. The lowest BCUT2D eigenvalue weighted by molar-refractivity contribution is 0.112. The van der Waals surface area contributed by atoms with E-state index in [1.54, 1.807) is 0 Å². The molecule has 80 valence electrons. The van der Waals surface area contributed by atoms with Gasteiger partial charge in [0.05, 0.1) is 12.7 Å². The van der Waals surface area contributed by atoms with Gasteiger partial charge in [0.25, 0.3) is 0 Å². The van der Waals surface area contributed by atoms with Crippen molar-refractivity contribution in [1.29, 1.82) is 5.26 Å². The zero-order valence-corrected chi connectivity index (χ0v) is 8.65. The first-order chi connectivity index (χ1) is 6.86. The Labute approximate surface area is 85.7 Å². The van der Waals surface area contributed by atoms with E-state index in [4.69, 9.17) is 10.4 Å². The van der Waals surface area contributed by atoms with Gasteiger partial charge in [-0.25, -0.2) is 0 Å². The molecule has 4 heteroatoms. The standard InChI is InChI=1S/C10H19N3O/c11-3-1-2-4-12-5-7-13(8-6-12)9-10-14/h14H,1-2,4-10H2. The lowest BCUT2D eigenvalue weighted by Gasteiger charge is -2.34. The zero-order chi connectivity index (χ0) is 10.2. The third-order valence-electron chi connectivity index (χ3n) is 2.64. The molecule has 0 atom stereocenters. The molecule has 0 amide bonds. The highest BCUT2D eigenvalue weighted by atomic mass is 16.3. The van der Waals surface area contributed by atoms with E-state index in [2.05, 4.69) is 15.9 Å². The number of hydrogen-bond donors (Lipinski definition) is 1. The number of piperazine rings is 1. The van der Waals surface area contributed by atoms with Crippen LogP contribution in [0.25, 0.3) is 0 Å². The molecule has 1 heterocycles. The van der Waals surface area contributed by atoms with E-state index in [1.165, 1.54) is 0 Å². The van der Waals surface area contributed by atoms with E-state index < -0.39 is 0 Å². The van der Waals surface area contributed by atoms with Crippen LogP contribution in [0.1, 0.15) is 12.8 Å². The summed E-state index contributed by atoms with van der Waals surface area (Å²) in [5, 5.41) is 17.2. The summed E-state index contributed by atoms with van der Waals surface area (Å²) in [6.45, 7) is 6.35. The summed E-state index contributed by atoms with van der Waals surface area (Å²) in [4.78, 5) is 4.67. The first kappa shape index (κ1) is 11.4. The van der Waals surface area contributed by atoms with Gasteiger partial charge in [-0.1, -0.05) is 0 Å². The Morgan fingerprint density at radius 2 is 1.64 bits per heavy atom.